The summed E-state index contributed by atoms with van der Waals surface area (Å²) < 4.78 is 5.08. The van der Waals surface area contributed by atoms with E-state index in [1.165, 1.54) is 0 Å². The Morgan fingerprint density at radius 2 is 2.26 bits per heavy atom. The molecule has 128 valence electrons. The van der Waals surface area contributed by atoms with Crippen LogP contribution in [0.1, 0.15) is 23.5 Å². The first-order valence-electron chi connectivity index (χ1n) is 8.04. The fourth-order valence-electron chi connectivity index (χ4n) is 2.94. The molecular weight excluding hydrogens is 296 g/mol. The highest BCUT2D eigenvalue weighted by atomic mass is 16.5. The zero-order chi connectivity index (χ0) is 16.8. The number of methoxy groups -OCH3 is 1. The van der Waals surface area contributed by atoms with Crippen molar-refractivity contribution < 1.29 is 9.53 Å². The van der Waals surface area contributed by atoms with Crippen LogP contribution in [0, 0.1) is 19.8 Å². The van der Waals surface area contributed by atoms with Crippen molar-refractivity contribution >= 4 is 5.91 Å². The van der Waals surface area contributed by atoms with Gasteiger partial charge in [0.25, 0.3) is 5.56 Å². The third-order valence-electron chi connectivity index (χ3n) is 4.25. The van der Waals surface area contributed by atoms with E-state index in [1.807, 2.05) is 0 Å². The van der Waals surface area contributed by atoms with E-state index in [0.717, 1.165) is 32.7 Å². The van der Waals surface area contributed by atoms with Crippen LogP contribution in [-0.4, -0.2) is 60.7 Å². The second kappa shape index (κ2) is 8.21. The molecule has 2 N–H and O–H groups in total. The Bertz CT molecular complexity index is 599. The Balaban J connectivity index is 1.79. The van der Waals surface area contributed by atoms with Crippen molar-refractivity contribution in [3.8, 4) is 0 Å². The summed E-state index contributed by atoms with van der Waals surface area (Å²) in [5.74, 6) is 0.907. The number of aryl methyl sites for hydroxylation is 2. The van der Waals surface area contributed by atoms with E-state index in [2.05, 4.69) is 20.2 Å². The van der Waals surface area contributed by atoms with Crippen LogP contribution in [0.2, 0.25) is 0 Å². The van der Waals surface area contributed by atoms with Gasteiger partial charge in [-0.25, -0.2) is 4.98 Å². The molecule has 23 heavy (non-hydrogen) atoms. The van der Waals surface area contributed by atoms with Crippen LogP contribution >= 0.6 is 0 Å². The quantitative estimate of drug-likeness (QED) is 0.739. The molecule has 2 rings (SSSR count). The number of likely N-dealkylation sites (tertiary alicyclic amines) is 1. The minimum absolute atomic E-state index is 0.0779. The zero-order valence-corrected chi connectivity index (χ0v) is 14.1. The molecular formula is C16H26N4O3. The molecule has 2 heterocycles. The molecule has 0 saturated carbocycles. The fraction of sp³-hybridized carbons (Fsp3) is 0.688. The Kier molecular flexibility index (Phi) is 6.29. The van der Waals surface area contributed by atoms with Gasteiger partial charge in [0.1, 0.15) is 5.82 Å². The number of hydrogen-bond donors (Lipinski definition) is 2. The number of nitrogens with zero attached hydrogens (tertiary/aromatic N) is 2. The van der Waals surface area contributed by atoms with Crippen LogP contribution in [0.25, 0.3) is 0 Å². The monoisotopic (exact) mass is 322 g/mol. The maximum atomic E-state index is 12.1. The first-order chi connectivity index (χ1) is 11.0. The van der Waals surface area contributed by atoms with E-state index in [0.29, 0.717) is 29.5 Å². The van der Waals surface area contributed by atoms with Crippen LogP contribution in [0.3, 0.4) is 0 Å². The lowest BCUT2D eigenvalue weighted by molar-refractivity contribution is -0.120. The van der Waals surface area contributed by atoms with Crippen molar-refractivity contribution in [1.29, 1.82) is 0 Å². The van der Waals surface area contributed by atoms with Gasteiger partial charge in [-0.2, -0.15) is 0 Å². The highest BCUT2D eigenvalue weighted by molar-refractivity contribution is 5.78. The predicted octanol–water partition coefficient (Wildman–Crippen LogP) is 0.0137. The van der Waals surface area contributed by atoms with Crippen LogP contribution in [0.15, 0.2) is 4.79 Å². The van der Waals surface area contributed by atoms with Gasteiger partial charge in [-0.1, -0.05) is 0 Å². The summed E-state index contributed by atoms with van der Waals surface area (Å²) >= 11 is 0. The number of rotatable bonds is 7. The van der Waals surface area contributed by atoms with Gasteiger partial charge in [0.2, 0.25) is 5.91 Å². The highest BCUT2D eigenvalue weighted by Crippen LogP contribution is 2.14. The van der Waals surface area contributed by atoms with Gasteiger partial charge in [-0.05, 0) is 32.7 Å². The molecule has 0 unspecified atom stereocenters. The second-order valence-corrected chi connectivity index (χ2v) is 6.14. The number of nitrogens with one attached hydrogen (secondary N) is 2. The summed E-state index contributed by atoms with van der Waals surface area (Å²) in [4.78, 5) is 33.2. The molecule has 7 nitrogen and oxygen atoms in total. The van der Waals surface area contributed by atoms with Crippen molar-refractivity contribution in [3.05, 3.63) is 27.4 Å². The van der Waals surface area contributed by atoms with Crippen molar-refractivity contribution in [2.45, 2.75) is 26.7 Å². The molecule has 0 aromatic carbocycles. The SMILES string of the molecule is COCCN1CC[C@@H](CNC(=O)Cc2c(C)nc(C)[nH]c2=O)C1. The molecule has 0 spiro atoms. The maximum absolute atomic E-state index is 12.1. The lowest BCUT2D eigenvalue weighted by Crippen LogP contribution is -2.34. The Labute approximate surface area is 136 Å². The minimum atomic E-state index is -0.225. The first kappa shape index (κ1) is 17.6. The molecule has 1 aromatic heterocycles. The molecule has 1 aromatic rings. The average molecular weight is 322 g/mol. The predicted molar refractivity (Wildman–Crippen MR) is 87.5 cm³/mol. The van der Waals surface area contributed by atoms with E-state index >= 15 is 0 Å². The number of carbonyl (C=O) groups is 1. The third kappa shape index (κ3) is 5.14. The summed E-state index contributed by atoms with van der Waals surface area (Å²) in [6.45, 7) is 7.84. The number of aromatic nitrogens is 2. The fourth-order valence-corrected chi connectivity index (χ4v) is 2.94. The molecule has 0 bridgehead atoms. The van der Waals surface area contributed by atoms with Crippen LogP contribution < -0.4 is 10.9 Å². The zero-order valence-electron chi connectivity index (χ0n) is 14.1. The van der Waals surface area contributed by atoms with Crippen molar-refractivity contribution in [2.75, 3.05) is 39.9 Å². The van der Waals surface area contributed by atoms with Crippen LogP contribution in [-0.2, 0) is 16.0 Å². The molecule has 1 amide bonds. The van der Waals surface area contributed by atoms with Crippen LogP contribution in [0.4, 0.5) is 0 Å². The normalized spacial score (nSPS) is 18.3. The molecule has 1 aliphatic heterocycles. The number of carbonyl (C=O) groups excluding carboxylic acids is 1. The molecule has 0 aliphatic carbocycles. The van der Waals surface area contributed by atoms with E-state index in [-0.39, 0.29) is 17.9 Å². The van der Waals surface area contributed by atoms with Gasteiger partial charge in [-0.3, -0.25) is 9.59 Å². The number of amides is 1. The smallest absolute Gasteiger partial charge is 0.254 e. The minimum Gasteiger partial charge on any atom is -0.383 e. The topological polar surface area (TPSA) is 87.3 Å². The van der Waals surface area contributed by atoms with E-state index in [4.69, 9.17) is 4.74 Å². The summed E-state index contributed by atoms with van der Waals surface area (Å²) in [5, 5.41) is 2.94. The van der Waals surface area contributed by atoms with Crippen molar-refractivity contribution in [2.24, 2.45) is 5.92 Å². The molecule has 1 saturated heterocycles. The lowest BCUT2D eigenvalue weighted by atomic mass is 10.1. The standard InChI is InChI=1S/C16H26N4O3/c1-11-14(16(22)19-12(2)18-11)8-15(21)17-9-13-4-5-20(10-13)6-7-23-3/h13H,4-10H2,1-3H3,(H,17,21)(H,18,19,22)/t13-/m0/s1. The number of hydrogen-bond acceptors (Lipinski definition) is 5. The Morgan fingerprint density at radius 3 is 2.96 bits per heavy atom. The Hall–Kier alpha value is -1.73. The van der Waals surface area contributed by atoms with Gasteiger partial charge < -0.3 is 19.9 Å². The number of ether oxygens (including phenoxy) is 1. The summed E-state index contributed by atoms with van der Waals surface area (Å²) in [6, 6.07) is 0. The van der Waals surface area contributed by atoms with Gasteiger partial charge in [0.15, 0.2) is 0 Å². The third-order valence-corrected chi connectivity index (χ3v) is 4.25. The molecule has 1 fully saturated rings. The van der Waals surface area contributed by atoms with Crippen LogP contribution in [0.5, 0.6) is 0 Å². The largest absolute Gasteiger partial charge is 0.383 e. The molecule has 7 heteroatoms. The van der Waals surface area contributed by atoms with Gasteiger partial charge in [0.05, 0.1) is 13.0 Å². The van der Waals surface area contributed by atoms with Crippen molar-refractivity contribution in [3.63, 3.8) is 0 Å². The highest BCUT2D eigenvalue weighted by Gasteiger charge is 2.22. The first-order valence-corrected chi connectivity index (χ1v) is 8.04. The summed E-state index contributed by atoms with van der Waals surface area (Å²) in [7, 11) is 1.71. The number of aromatic amines is 1. The maximum Gasteiger partial charge on any atom is 0.254 e. The summed E-state index contributed by atoms with van der Waals surface area (Å²) in [6.07, 6.45) is 1.16. The molecule has 1 aliphatic rings. The lowest BCUT2D eigenvalue weighted by Gasteiger charge is -2.15. The second-order valence-electron chi connectivity index (χ2n) is 6.14. The van der Waals surface area contributed by atoms with Gasteiger partial charge in [0, 0.05) is 38.0 Å². The molecule has 1 atom stereocenters. The summed E-state index contributed by atoms with van der Waals surface area (Å²) in [5.41, 5.74) is 0.839. The molecule has 0 radical (unpaired) electrons. The van der Waals surface area contributed by atoms with Gasteiger partial charge >= 0.3 is 0 Å². The number of H-pyrrole nitrogens is 1. The van der Waals surface area contributed by atoms with E-state index in [9.17, 15) is 9.59 Å². The van der Waals surface area contributed by atoms with E-state index < -0.39 is 0 Å². The average Bonchev–Trinajstić information content (AvgIpc) is 2.94. The van der Waals surface area contributed by atoms with Gasteiger partial charge in [-0.15, -0.1) is 0 Å². The van der Waals surface area contributed by atoms with Crippen molar-refractivity contribution in [1.82, 2.24) is 20.2 Å². The Morgan fingerprint density at radius 1 is 1.48 bits per heavy atom. The van der Waals surface area contributed by atoms with E-state index in [1.54, 1.807) is 21.0 Å².